The summed E-state index contributed by atoms with van der Waals surface area (Å²) in [5.41, 5.74) is 1.69. The monoisotopic (exact) mass is 355 g/mol. The van der Waals surface area contributed by atoms with Crippen LogP contribution in [0.2, 0.25) is 0 Å². The highest BCUT2D eigenvalue weighted by atomic mass is 16.5. The number of hydrogen-bond acceptors (Lipinski definition) is 7. The maximum Gasteiger partial charge on any atom is 0.328 e. The van der Waals surface area contributed by atoms with Crippen molar-refractivity contribution in [1.82, 2.24) is 5.32 Å². The molecule has 1 fully saturated rings. The van der Waals surface area contributed by atoms with Crippen molar-refractivity contribution >= 4 is 18.7 Å². The summed E-state index contributed by atoms with van der Waals surface area (Å²) < 4.78 is 4.43. The molecule has 1 aromatic rings. The number of carbonyl (C=O) groups is 3. The van der Waals surface area contributed by atoms with Crippen molar-refractivity contribution in [3.8, 4) is 5.75 Å². The number of aliphatic hydroxyl groups excluding tert-OH is 2. The second-order valence-electron chi connectivity index (χ2n) is 5.31. The average molecular weight is 355 g/mol. The van der Waals surface area contributed by atoms with Crippen molar-refractivity contribution in [3.63, 3.8) is 0 Å². The summed E-state index contributed by atoms with van der Waals surface area (Å²) in [6.45, 7) is 5.09. The Kier molecular flexibility index (Phi) is 10.1. The molecule has 1 unspecified atom stereocenters. The largest absolute Gasteiger partial charge is 0.507 e. The van der Waals surface area contributed by atoms with Crippen LogP contribution in [0.1, 0.15) is 42.6 Å². The van der Waals surface area contributed by atoms with E-state index < -0.39 is 12.1 Å². The molecule has 0 radical (unpaired) electrons. The maximum atomic E-state index is 10.7. The zero-order valence-corrected chi connectivity index (χ0v) is 14.6. The molecule has 4 N–H and O–H groups in total. The van der Waals surface area contributed by atoms with E-state index in [1.807, 2.05) is 6.79 Å². The zero-order chi connectivity index (χ0) is 19.6. The number of aromatic hydroxyl groups is 1. The minimum atomic E-state index is -0.673. The number of benzene rings is 1. The van der Waals surface area contributed by atoms with Gasteiger partial charge in [0.15, 0.2) is 0 Å². The number of phenols is 1. The van der Waals surface area contributed by atoms with E-state index in [0.717, 1.165) is 0 Å². The molecule has 1 heterocycles. The Morgan fingerprint density at radius 3 is 2.44 bits per heavy atom. The van der Waals surface area contributed by atoms with Gasteiger partial charge in [-0.25, -0.2) is 4.79 Å². The van der Waals surface area contributed by atoms with Crippen LogP contribution in [0.3, 0.4) is 0 Å². The summed E-state index contributed by atoms with van der Waals surface area (Å²) in [4.78, 5) is 29.3. The molecule has 1 aliphatic heterocycles. The molecular formula is C17H25NO7. The van der Waals surface area contributed by atoms with Gasteiger partial charge in [0.2, 0.25) is 5.91 Å². The molecular weight excluding hydrogens is 330 g/mol. The Morgan fingerprint density at radius 2 is 2.04 bits per heavy atom. The number of carbonyl (C=O) groups excluding carboxylic acids is 3. The lowest BCUT2D eigenvalue weighted by Gasteiger charge is -2.13. The first-order valence-electron chi connectivity index (χ1n) is 7.58. The number of hydrogen-bond donors (Lipinski definition) is 4. The summed E-state index contributed by atoms with van der Waals surface area (Å²) in [6, 6.07) is 3.03. The van der Waals surface area contributed by atoms with Crippen molar-refractivity contribution in [2.75, 3.05) is 7.11 Å². The Bertz CT molecular complexity index is 587. The number of methoxy groups -OCH3 is 1. The minimum absolute atomic E-state index is 0.0703. The van der Waals surface area contributed by atoms with E-state index >= 15 is 0 Å². The van der Waals surface area contributed by atoms with Gasteiger partial charge in [0.05, 0.1) is 19.8 Å². The van der Waals surface area contributed by atoms with Gasteiger partial charge < -0.3 is 30.2 Å². The number of rotatable bonds is 3. The van der Waals surface area contributed by atoms with Gasteiger partial charge in [0.1, 0.15) is 18.6 Å². The molecule has 140 valence electrons. The van der Waals surface area contributed by atoms with E-state index in [2.05, 4.69) is 10.1 Å². The molecule has 1 aromatic carbocycles. The molecule has 1 amide bonds. The van der Waals surface area contributed by atoms with Crippen molar-refractivity contribution in [1.29, 1.82) is 0 Å². The van der Waals surface area contributed by atoms with E-state index in [1.165, 1.54) is 7.11 Å². The Morgan fingerprint density at radius 1 is 1.44 bits per heavy atom. The van der Waals surface area contributed by atoms with Gasteiger partial charge in [-0.05, 0) is 31.4 Å². The number of nitrogens with one attached hydrogen (secondary N) is 1. The number of amides is 1. The predicted octanol–water partition coefficient (Wildman–Crippen LogP) is 0.499. The molecule has 0 bridgehead atoms. The fourth-order valence-corrected chi connectivity index (χ4v) is 2.26. The van der Waals surface area contributed by atoms with Crippen LogP contribution in [0.25, 0.3) is 0 Å². The fraction of sp³-hybridized carbons (Fsp3) is 0.471. The SMILES string of the molecule is C=O.COC(=O)[C@@H]1CCC(=O)N1.Cc1ccc(C(C)O)c(CO)c1O. The fourth-order valence-electron chi connectivity index (χ4n) is 2.26. The topological polar surface area (TPSA) is 133 Å². The number of ether oxygens (including phenoxy) is 1. The number of esters is 1. The molecule has 2 atom stereocenters. The van der Waals surface area contributed by atoms with E-state index in [9.17, 15) is 19.8 Å². The first-order valence-corrected chi connectivity index (χ1v) is 7.58. The smallest absolute Gasteiger partial charge is 0.328 e. The number of aryl methyl sites for hydroxylation is 1. The summed E-state index contributed by atoms with van der Waals surface area (Å²) in [5, 5.41) is 30.4. The van der Waals surface area contributed by atoms with Gasteiger partial charge in [-0.15, -0.1) is 0 Å². The second-order valence-corrected chi connectivity index (χ2v) is 5.31. The molecule has 2 rings (SSSR count). The minimum Gasteiger partial charge on any atom is -0.507 e. The van der Waals surface area contributed by atoms with Crippen molar-refractivity contribution in [2.45, 2.75) is 45.4 Å². The standard InChI is InChI=1S/C10H14O3.C6H9NO3.CH2O/c1-6-3-4-8(7(2)12)9(5-11)10(6)13;1-10-6(9)4-2-3-5(8)7-4;1-2/h3-4,7,11-13H,5H2,1-2H3;4H,2-3H2,1H3,(H,7,8);1H2/t;4-;/m.0./s1. The molecule has 1 aliphatic rings. The van der Waals surface area contributed by atoms with Crippen LogP contribution in [0, 0.1) is 6.92 Å². The highest BCUT2D eigenvalue weighted by molar-refractivity contribution is 5.87. The highest BCUT2D eigenvalue weighted by Crippen LogP contribution is 2.29. The molecule has 8 heteroatoms. The third-order valence-corrected chi connectivity index (χ3v) is 3.61. The van der Waals surface area contributed by atoms with E-state index in [4.69, 9.17) is 9.90 Å². The predicted molar refractivity (Wildman–Crippen MR) is 89.7 cm³/mol. The van der Waals surface area contributed by atoms with Gasteiger partial charge in [0.25, 0.3) is 0 Å². The molecule has 0 aromatic heterocycles. The number of aliphatic hydroxyl groups is 2. The average Bonchev–Trinajstić information content (AvgIpc) is 3.05. The zero-order valence-electron chi connectivity index (χ0n) is 14.6. The van der Waals surface area contributed by atoms with Crippen molar-refractivity contribution in [3.05, 3.63) is 28.8 Å². The summed E-state index contributed by atoms with van der Waals surface area (Å²) in [7, 11) is 1.31. The quantitative estimate of drug-likeness (QED) is 0.580. The van der Waals surface area contributed by atoms with Crippen LogP contribution in [0.5, 0.6) is 5.75 Å². The molecule has 0 aliphatic carbocycles. The van der Waals surface area contributed by atoms with Crippen LogP contribution in [0.4, 0.5) is 0 Å². The molecule has 8 nitrogen and oxygen atoms in total. The van der Waals surface area contributed by atoms with Crippen molar-refractivity contribution in [2.24, 2.45) is 0 Å². The first kappa shape index (κ1) is 22.6. The van der Waals surface area contributed by atoms with Gasteiger partial charge in [-0.1, -0.05) is 12.1 Å². The van der Waals surface area contributed by atoms with Crippen LogP contribution in [-0.4, -0.2) is 47.1 Å². The third kappa shape index (κ3) is 6.52. The lowest BCUT2D eigenvalue weighted by molar-refractivity contribution is -0.143. The van der Waals surface area contributed by atoms with Gasteiger partial charge in [0, 0.05) is 12.0 Å². The lowest BCUT2D eigenvalue weighted by Crippen LogP contribution is -2.33. The van der Waals surface area contributed by atoms with Gasteiger partial charge in [-0.2, -0.15) is 0 Å². The van der Waals surface area contributed by atoms with Crippen LogP contribution >= 0.6 is 0 Å². The van der Waals surface area contributed by atoms with E-state index in [-0.39, 0.29) is 24.2 Å². The van der Waals surface area contributed by atoms with Crippen LogP contribution in [0.15, 0.2) is 12.1 Å². The lowest BCUT2D eigenvalue weighted by atomic mass is 10.00. The summed E-state index contributed by atoms with van der Waals surface area (Å²) in [6.07, 6.45) is 0.319. The molecule has 0 spiro atoms. The molecule has 25 heavy (non-hydrogen) atoms. The van der Waals surface area contributed by atoms with Gasteiger partial charge in [-0.3, -0.25) is 4.79 Å². The second kappa shape index (κ2) is 11.2. The molecule has 1 saturated heterocycles. The molecule has 0 saturated carbocycles. The van der Waals surface area contributed by atoms with Crippen LogP contribution < -0.4 is 5.32 Å². The van der Waals surface area contributed by atoms with E-state index in [0.29, 0.717) is 29.5 Å². The maximum absolute atomic E-state index is 10.7. The van der Waals surface area contributed by atoms with Crippen molar-refractivity contribution < 1.29 is 34.4 Å². The Labute approximate surface area is 146 Å². The third-order valence-electron chi connectivity index (χ3n) is 3.61. The normalized spacial score (nSPS) is 16.5. The van der Waals surface area contributed by atoms with E-state index in [1.54, 1.807) is 26.0 Å². The van der Waals surface area contributed by atoms with Gasteiger partial charge >= 0.3 is 5.97 Å². The first-order chi connectivity index (χ1) is 11.8. The summed E-state index contributed by atoms with van der Waals surface area (Å²) in [5.74, 6) is -0.359. The Balaban J connectivity index is 0.000000430. The highest BCUT2D eigenvalue weighted by Gasteiger charge is 2.27. The van der Waals surface area contributed by atoms with Crippen LogP contribution in [-0.2, 0) is 25.7 Å². The summed E-state index contributed by atoms with van der Waals surface area (Å²) >= 11 is 0. The Hall–Kier alpha value is -2.45.